The highest BCUT2D eigenvalue weighted by molar-refractivity contribution is 7.99. The normalized spacial score (nSPS) is 10.7. The number of carbonyl (C=O) groups is 2. The summed E-state index contributed by atoms with van der Waals surface area (Å²) in [5.74, 6) is 0.443. The molecule has 0 aliphatic heterocycles. The van der Waals surface area contributed by atoms with E-state index in [1.54, 1.807) is 26.8 Å². The number of nitrogens with one attached hydrogen (secondary N) is 1. The quantitative estimate of drug-likeness (QED) is 0.336. The van der Waals surface area contributed by atoms with E-state index in [4.69, 9.17) is 4.74 Å². The van der Waals surface area contributed by atoms with Gasteiger partial charge in [0.25, 0.3) is 0 Å². The SMILES string of the molecule is C=CCn1c(C)nnc1SCC(=O)c1[nH]c(C)c(C(=O)OCC)c1C. The first-order valence-corrected chi connectivity index (χ1v) is 8.92. The Morgan fingerprint density at radius 1 is 1.32 bits per heavy atom. The number of ketones is 1. The number of Topliss-reactive ketones (excluding diaryl/α,β-unsaturated/α-hetero) is 1. The Hall–Kier alpha value is -2.35. The van der Waals surface area contributed by atoms with Gasteiger partial charge in [-0.2, -0.15) is 0 Å². The molecule has 2 rings (SSSR count). The van der Waals surface area contributed by atoms with Gasteiger partial charge in [0, 0.05) is 12.2 Å². The third-order valence-corrected chi connectivity index (χ3v) is 4.71. The van der Waals surface area contributed by atoms with Crippen molar-refractivity contribution in [1.29, 1.82) is 0 Å². The van der Waals surface area contributed by atoms with Crippen LogP contribution in [0.1, 0.15) is 44.9 Å². The zero-order valence-electron chi connectivity index (χ0n) is 14.9. The Balaban J connectivity index is 2.16. The minimum Gasteiger partial charge on any atom is -0.462 e. The maximum absolute atomic E-state index is 12.6. The summed E-state index contributed by atoms with van der Waals surface area (Å²) in [5, 5.41) is 8.78. The Labute approximate surface area is 150 Å². The molecule has 0 saturated heterocycles. The topological polar surface area (TPSA) is 89.9 Å². The van der Waals surface area contributed by atoms with Crippen LogP contribution in [-0.2, 0) is 11.3 Å². The lowest BCUT2D eigenvalue weighted by Crippen LogP contribution is -2.09. The van der Waals surface area contributed by atoms with Crippen LogP contribution in [0.3, 0.4) is 0 Å². The molecule has 25 heavy (non-hydrogen) atoms. The molecule has 0 aromatic carbocycles. The summed E-state index contributed by atoms with van der Waals surface area (Å²) in [7, 11) is 0. The molecule has 1 N–H and O–H groups in total. The summed E-state index contributed by atoms with van der Waals surface area (Å²) >= 11 is 1.31. The molecule has 0 spiro atoms. The van der Waals surface area contributed by atoms with Gasteiger partial charge in [0.15, 0.2) is 10.9 Å². The first kappa shape index (κ1) is 19.0. The zero-order valence-corrected chi connectivity index (χ0v) is 15.7. The van der Waals surface area contributed by atoms with Gasteiger partial charge in [-0.25, -0.2) is 4.79 Å². The van der Waals surface area contributed by atoms with Crippen LogP contribution in [0.2, 0.25) is 0 Å². The molecule has 8 heteroatoms. The highest BCUT2D eigenvalue weighted by Crippen LogP contribution is 2.23. The van der Waals surface area contributed by atoms with Crippen molar-refractivity contribution in [3.8, 4) is 0 Å². The van der Waals surface area contributed by atoms with Crippen LogP contribution < -0.4 is 0 Å². The lowest BCUT2D eigenvalue weighted by atomic mass is 10.1. The second-order valence-electron chi connectivity index (χ2n) is 5.49. The smallest absolute Gasteiger partial charge is 0.340 e. The molecule has 134 valence electrons. The van der Waals surface area contributed by atoms with E-state index in [2.05, 4.69) is 21.8 Å². The number of thioether (sulfide) groups is 1. The lowest BCUT2D eigenvalue weighted by molar-refractivity contribution is 0.0525. The van der Waals surface area contributed by atoms with Gasteiger partial charge in [0.05, 0.1) is 23.6 Å². The Bertz CT molecular complexity index is 807. The van der Waals surface area contributed by atoms with Gasteiger partial charge < -0.3 is 14.3 Å². The Kier molecular flexibility index (Phi) is 6.19. The number of carbonyl (C=O) groups excluding carboxylic acids is 2. The molecule has 0 bridgehead atoms. The van der Waals surface area contributed by atoms with Crippen molar-refractivity contribution in [1.82, 2.24) is 19.7 Å². The van der Waals surface area contributed by atoms with E-state index in [9.17, 15) is 9.59 Å². The summed E-state index contributed by atoms with van der Waals surface area (Å²) in [4.78, 5) is 27.6. The van der Waals surface area contributed by atoms with Crippen LogP contribution in [0, 0.1) is 20.8 Å². The molecule has 0 atom stereocenters. The van der Waals surface area contributed by atoms with E-state index in [-0.39, 0.29) is 11.5 Å². The number of aromatic amines is 1. The van der Waals surface area contributed by atoms with Crippen LogP contribution in [-0.4, -0.2) is 43.9 Å². The minimum atomic E-state index is -0.415. The van der Waals surface area contributed by atoms with E-state index in [0.29, 0.717) is 40.8 Å². The first-order valence-electron chi connectivity index (χ1n) is 7.93. The molecule has 7 nitrogen and oxygen atoms in total. The third kappa shape index (κ3) is 4.01. The van der Waals surface area contributed by atoms with Crippen molar-refractivity contribution in [2.45, 2.75) is 39.4 Å². The van der Waals surface area contributed by atoms with Gasteiger partial charge in [-0.3, -0.25) is 4.79 Å². The highest BCUT2D eigenvalue weighted by Gasteiger charge is 2.23. The predicted octanol–water partition coefficient (Wildman–Crippen LogP) is 2.87. The standard InChI is InChI=1S/C17H22N4O3S/c1-6-8-21-12(5)19-20-17(21)25-9-13(22)15-10(3)14(11(4)18-15)16(23)24-7-2/h6,18H,1,7-9H2,2-5H3. The fourth-order valence-corrected chi connectivity index (χ4v) is 3.41. The summed E-state index contributed by atoms with van der Waals surface area (Å²) in [6, 6.07) is 0. The van der Waals surface area contributed by atoms with Crippen molar-refractivity contribution in [2.75, 3.05) is 12.4 Å². The third-order valence-electron chi connectivity index (χ3n) is 3.74. The number of rotatable bonds is 8. The number of H-pyrrole nitrogens is 1. The number of hydrogen-bond acceptors (Lipinski definition) is 6. The molecule has 0 saturated carbocycles. The average molecular weight is 362 g/mol. The van der Waals surface area contributed by atoms with Crippen LogP contribution >= 0.6 is 11.8 Å². The molecule has 0 radical (unpaired) electrons. The Morgan fingerprint density at radius 3 is 2.68 bits per heavy atom. The fraction of sp³-hybridized carbons (Fsp3) is 0.412. The lowest BCUT2D eigenvalue weighted by Gasteiger charge is -2.05. The van der Waals surface area contributed by atoms with Crippen LogP contribution in [0.25, 0.3) is 0 Å². The largest absolute Gasteiger partial charge is 0.462 e. The van der Waals surface area contributed by atoms with E-state index < -0.39 is 5.97 Å². The second kappa shape index (κ2) is 8.15. The minimum absolute atomic E-state index is 0.105. The van der Waals surface area contributed by atoms with E-state index in [0.717, 1.165) is 5.82 Å². The summed E-state index contributed by atoms with van der Waals surface area (Å²) < 4.78 is 6.94. The van der Waals surface area contributed by atoms with Crippen molar-refractivity contribution in [3.63, 3.8) is 0 Å². The monoisotopic (exact) mass is 362 g/mol. The van der Waals surface area contributed by atoms with E-state index >= 15 is 0 Å². The molecule has 0 fully saturated rings. The highest BCUT2D eigenvalue weighted by atomic mass is 32.2. The predicted molar refractivity (Wildman–Crippen MR) is 96.2 cm³/mol. The summed E-state index contributed by atoms with van der Waals surface area (Å²) in [6.07, 6.45) is 1.76. The van der Waals surface area contributed by atoms with Gasteiger partial charge in [0.1, 0.15) is 5.82 Å². The van der Waals surface area contributed by atoms with Crippen LogP contribution in [0.15, 0.2) is 17.8 Å². The zero-order chi connectivity index (χ0) is 18.6. The first-order chi connectivity index (χ1) is 11.9. The van der Waals surface area contributed by atoms with E-state index in [1.807, 2.05) is 11.5 Å². The average Bonchev–Trinajstić information content (AvgIpc) is 3.06. The molecule has 0 aliphatic carbocycles. The van der Waals surface area contributed by atoms with Crippen molar-refractivity contribution in [2.24, 2.45) is 0 Å². The van der Waals surface area contributed by atoms with Crippen LogP contribution in [0.4, 0.5) is 0 Å². The van der Waals surface area contributed by atoms with Gasteiger partial charge in [-0.05, 0) is 33.3 Å². The number of esters is 1. The summed E-state index contributed by atoms with van der Waals surface area (Å²) in [5.41, 5.74) is 2.11. The van der Waals surface area contributed by atoms with Crippen LogP contribution in [0.5, 0.6) is 0 Å². The molecule has 2 aromatic rings. The number of allylic oxidation sites excluding steroid dienone is 1. The second-order valence-corrected chi connectivity index (χ2v) is 6.43. The van der Waals surface area contributed by atoms with Gasteiger partial charge >= 0.3 is 5.97 Å². The maximum atomic E-state index is 12.6. The van der Waals surface area contributed by atoms with Gasteiger partial charge in [-0.1, -0.05) is 17.8 Å². The fourth-order valence-electron chi connectivity index (χ4n) is 2.55. The van der Waals surface area contributed by atoms with Crippen molar-refractivity contribution >= 4 is 23.5 Å². The molecule has 2 aromatic heterocycles. The van der Waals surface area contributed by atoms with E-state index in [1.165, 1.54) is 11.8 Å². The van der Waals surface area contributed by atoms with Crippen molar-refractivity contribution < 1.29 is 14.3 Å². The Morgan fingerprint density at radius 2 is 2.04 bits per heavy atom. The summed E-state index contributed by atoms with van der Waals surface area (Å²) in [6.45, 7) is 11.7. The molecule has 0 amide bonds. The maximum Gasteiger partial charge on any atom is 0.340 e. The molecular formula is C17H22N4O3S. The van der Waals surface area contributed by atoms with Crippen molar-refractivity contribution in [3.05, 3.63) is 41.0 Å². The molecular weight excluding hydrogens is 340 g/mol. The number of hydrogen-bond donors (Lipinski definition) is 1. The number of aromatic nitrogens is 4. The number of nitrogens with zero attached hydrogens (tertiary/aromatic N) is 3. The van der Waals surface area contributed by atoms with Gasteiger partial charge in [-0.15, -0.1) is 16.8 Å². The molecule has 2 heterocycles. The van der Waals surface area contributed by atoms with Gasteiger partial charge in [0.2, 0.25) is 0 Å². The molecule has 0 unspecified atom stereocenters. The number of ether oxygens (including phenoxy) is 1. The molecule has 0 aliphatic rings. The number of aryl methyl sites for hydroxylation is 2.